The summed E-state index contributed by atoms with van der Waals surface area (Å²) in [7, 11) is 0. The number of fused-ring (bicyclic) bond motifs is 1. The number of hydrogen-bond donors (Lipinski definition) is 1. The second-order valence-electron chi connectivity index (χ2n) is 2.85. The molecule has 1 aromatic carbocycles. The molecule has 0 aliphatic carbocycles. The number of allylic oxidation sites excluding steroid dienone is 1. The van der Waals surface area contributed by atoms with Gasteiger partial charge < -0.3 is 5.32 Å². The molecule has 1 amide bonds. The monoisotopic (exact) mass is 177 g/mol. The fourth-order valence-electron chi connectivity index (χ4n) is 1.45. The Morgan fingerprint density at radius 3 is 2.92 bits per heavy atom. The van der Waals surface area contributed by atoms with Gasteiger partial charge in [-0.2, -0.15) is 0 Å². The smallest absolute Gasteiger partial charge is 0.256 e. The predicted octanol–water partition coefficient (Wildman–Crippen LogP) is 2.18. The fourth-order valence-corrected chi connectivity index (χ4v) is 1.45. The van der Waals surface area contributed by atoms with E-state index < -0.39 is 0 Å². The van der Waals surface area contributed by atoms with Gasteiger partial charge in [-0.15, -0.1) is 0 Å². The normalized spacial score (nSPS) is 17.4. The molecule has 1 N–H and O–H groups in total. The average Bonchev–Trinajstić information content (AvgIpc) is 2.40. The molecule has 0 unspecified atom stereocenters. The lowest BCUT2D eigenvalue weighted by Gasteiger charge is -1.96. The van der Waals surface area contributed by atoms with Crippen molar-refractivity contribution in [2.45, 2.75) is 6.92 Å². The number of nitrogens with one attached hydrogen (secondary N) is 1. The van der Waals surface area contributed by atoms with Crippen molar-refractivity contribution in [3.63, 3.8) is 0 Å². The Morgan fingerprint density at radius 2 is 2.23 bits per heavy atom. The SMILES string of the molecule is C/C=C1/C(=O)Nc2ccc(F)cc21. The summed E-state index contributed by atoms with van der Waals surface area (Å²) in [6.07, 6.45) is 1.68. The molecule has 1 aliphatic heterocycles. The summed E-state index contributed by atoms with van der Waals surface area (Å²) in [6.45, 7) is 1.76. The summed E-state index contributed by atoms with van der Waals surface area (Å²) in [5, 5.41) is 2.65. The first-order chi connectivity index (χ1) is 6.22. The molecule has 13 heavy (non-hydrogen) atoms. The lowest BCUT2D eigenvalue weighted by atomic mass is 10.1. The molecule has 0 atom stereocenters. The molecular formula is C10H8FNO. The summed E-state index contributed by atoms with van der Waals surface area (Å²) >= 11 is 0. The van der Waals surface area contributed by atoms with E-state index in [-0.39, 0.29) is 11.7 Å². The maximum Gasteiger partial charge on any atom is 0.256 e. The van der Waals surface area contributed by atoms with E-state index in [2.05, 4.69) is 5.32 Å². The van der Waals surface area contributed by atoms with Crippen molar-refractivity contribution < 1.29 is 9.18 Å². The zero-order chi connectivity index (χ0) is 9.42. The number of anilines is 1. The van der Waals surface area contributed by atoms with Gasteiger partial charge in [0, 0.05) is 16.8 Å². The van der Waals surface area contributed by atoms with Gasteiger partial charge in [0.25, 0.3) is 5.91 Å². The van der Waals surface area contributed by atoms with Crippen LogP contribution in [0.5, 0.6) is 0 Å². The molecule has 0 saturated heterocycles. The lowest BCUT2D eigenvalue weighted by molar-refractivity contribution is -0.110. The third-order valence-electron chi connectivity index (χ3n) is 2.05. The molecule has 2 nitrogen and oxygen atoms in total. The highest BCUT2D eigenvalue weighted by molar-refractivity contribution is 6.31. The molecule has 0 saturated carbocycles. The van der Waals surface area contributed by atoms with Crippen LogP contribution in [0.1, 0.15) is 12.5 Å². The average molecular weight is 177 g/mol. The van der Waals surface area contributed by atoms with Gasteiger partial charge in [0.15, 0.2) is 0 Å². The number of hydrogen-bond acceptors (Lipinski definition) is 1. The van der Waals surface area contributed by atoms with Crippen molar-refractivity contribution in [2.24, 2.45) is 0 Å². The summed E-state index contributed by atoms with van der Waals surface area (Å²) < 4.78 is 12.8. The summed E-state index contributed by atoms with van der Waals surface area (Å²) in [5.41, 5.74) is 1.86. The van der Waals surface area contributed by atoms with Gasteiger partial charge >= 0.3 is 0 Å². The number of benzene rings is 1. The van der Waals surface area contributed by atoms with E-state index in [0.717, 1.165) is 0 Å². The van der Waals surface area contributed by atoms with Crippen LogP contribution in [-0.2, 0) is 4.79 Å². The van der Waals surface area contributed by atoms with E-state index in [9.17, 15) is 9.18 Å². The molecule has 3 heteroatoms. The highest BCUT2D eigenvalue weighted by Gasteiger charge is 2.23. The van der Waals surface area contributed by atoms with E-state index in [1.54, 1.807) is 19.1 Å². The number of amides is 1. The molecule has 1 heterocycles. The highest BCUT2D eigenvalue weighted by Crippen LogP contribution is 2.31. The van der Waals surface area contributed by atoms with Crippen LogP contribution >= 0.6 is 0 Å². The summed E-state index contributed by atoms with van der Waals surface area (Å²) in [6, 6.07) is 4.26. The molecule has 2 rings (SSSR count). The highest BCUT2D eigenvalue weighted by atomic mass is 19.1. The number of carbonyl (C=O) groups excluding carboxylic acids is 1. The Morgan fingerprint density at radius 1 is 1.46 bits per heavy atom. The van der Waals surface area contributed by atoms with Gasteiger partial charge in [0.05, 0.1) is 0 Å². The van der Waals surface area contributed by atoms with Crippen molar-refractivity contribution in [3.05, 3.63) is 35.7 Å². The second-order valence-corrected chi connectivity index (χ2v) is 2.85. The zero-order valence-corrected chi connectivity index (χ0v) is 7.10. The Bertz CT molecular complexity index is 409. The topological polar surface area (TPSA) is 29.1 Å². The van der Waals surface area contributed by atoms with Gasteiger partial charge in [-0.1, -0.05) is 6.08 Å². The maximum absolute atomic E-state index is 12.8. The molecular weight excluding hydrogens is 169 g/mol. The van der Waals surface area contributed by atoms with E-state index in [1.165, 1.54) is 12.1 Å². The Balaban J connectivity index is 2.63. The van der Waals surface area contributed by atoms with Crippen molar-refractivity contribution in [1.82, 2.24) is 0 Å². The van der Waals surface area contributed by atoms with Crippen molar-refractivity contribution >= 4 is 17.2 Å². The zero-order valence-electron chi connectivity index (χ0n) is 7.10. The number of carbonyl (C=O) groups is 1. The first-order valence-electron chi connectivity index (χ1n) is 4.00. The quantitative estimate of drug-likeness (QED) is 0.604. The van der Waals surface area contributed by atoms with E-state index >= 15 is 0 Å². The fraction of sp³-hybridized carbons (Fsp3) is 0.100. The standard InChI is InChI=1S/C10H8FNO/c1-2-7-8-5-6(11)3-4-9(8)12-10(7)13/h2-5H,1H3,(H,12,13)/b7-2+. The van der Waals surface area contributed by atoms with Crippen LogP contribution in [0, 0.1) is 5.82 Å². The second kappa shape index (κ2) is 2.69. The van der Waals surface area contributed by atoms with Crippen LogP contribution in [0.15, 0.2) is 24.3 Å². The largest absolute Gasteiger partial charge is 0.321 e. The molecule has 66 valence electrons. The maximum atomic E-state index is 12.8. The Hall–Kier alpha value is -1.64. The predicted molar refractivity (Wildman–Crippen MR) is 48.7 cm³/mol. The molecule has 0 bridgehead atoms. The first-order valence-corrected chi connectivity index (χ1v) is 4.00. The van der Waals surface area contributed by atoms with E-state index in [0.29, 0.717) is 16.8 Å². The third-order valence-corrected chi connectivity index (χ3v) is 2.05. The summed E-state index contributed by atoms with van der Waals surface area (Å²) in [4.78, 5) is 11.3. The minimum Gasteiger partial charge on any atom is -0.321 e. The molecule has 0 fully saturated rings. The van der Waals surface area contributed by atoms with Crippen molar-refractivity contribution in [3.8, 4) is 0 Å². The van der Waals surface area contributed by atoms with Crippen molar-refractivity contribution in [2.75, 3.05) is 5.32 Å². The lowest BCUT2D eigenvalue weighted by Crippen LogP contribution is -2.03. The van der Waals surface area contributed by atoms with Crippen LogP contribution in [0.3, 0.4) is 0 Å². The van der Waals surface area contributed by atoms with Gasteiger partial charge in [-0.3, -0.25) is 4.79 Å². The summed E-state index contributed by atoms with van der Waals surface area (Å²) in [5.74, 6) is -0.488. The first kappa shape index (κ1) is 7.98. The molecule has 1 aliphatic rings. The molecule has 0 spiro atoms. The van der Waals surface area contributed by atoms with Crippen LogP contribution in [-0.4, -0.2) is 5.91 Å². The number of rotatable bonds is 0. The van der Waals surface area contributed by atoms with E-state index in [4.69, 9.17) is 0 Å². The van der Waals surface area contributed by atoms with Gasteiger partial charge in [0.2, 0.25) is 0 Å². The van der Waals surface area contributed by atoms with Crippen LogP contribution in [0.25, 0.3) is 5.57 Å². The van der Waals surface area contributed by atoms with Crippen LogP contribution < -0.4 is 5.32 Å². The minimum atomic E-state index is -0.324. The van der Waals surface area contributed by atoms with Gasteiger partial charge in [-0.25, -0.2) is 4.39 Å². The van der Waals surface area contributed by atoms with Crippen LogP contribution in [0.2, 0.25) is 0 Å². The minimum absolute atomic E-state index is 0.164. The van der Waals surface area contributed by atoms with Gasteiger partial charge in [0.1, 0.15) is 5.82 Å². The van der Waals surface area contributed by atoms with E-state index in [1.807, 2.05) is 0 Å². The van der Waals surface area contributed by atoms with Crippen molar-refractivity contribution in [1.29, 1.82) is 0 Å². The Labute approximate surface area is 75.1 Å². The van der Waals surface area contributed by atoms with Crippen LogP contribution in [0.4, 0.5) is 10.1 Å². The third kappa shape index (κ3) is 1.13. The Kier molecular flexibility index (Phi) is 1.65. The van der Waals surface area contributed by atoms with Gasteiger partial charge in [-0.05, 0) is 25.1 Å². The number of halogens is 1. The molecule has 0 radical (unpaired) electrons. The molecule has 0 aromatic heterocycles. The molecule has 1 aromatic rings.